The highest BCUT2D eigenvalue weighted by atomic mass is 35.5. The van der Waals surface area contributed by atoms with Gasteiger partial charge in [0.25, 0.3) is 5.91 Å². The number of aromatic nitrogens is 1. The molecule has 0 unspecified atom stereocenters. The smallest absolute Gasteiger partial charge is 0.275 e. The molecule has 0 atom stereocenters. The molecular weight excluding hydrogens is 465 g/mol. The topological polar surface area (TPSA) is 71.5 Å². The number of thiazole rings is 1. The lowest BCUT2D eigenvalue weighted by Gasteiger charge is -2.31. The van der Waals surface area contributed by atoms with Crippen molar-refractivity contribution in [2.24, 2.45) is 0 Å². The van der Waals surface area contributed by atoms with Crippen LogP contribution < -0.4 is 10.1 Å². The Hall–Kier alpha value is -2.97. The number of ether oxygens (including phenoxy) is 1. The molecule has 0 saturated carbocycles. The lowest BCUT2D eigenvalue weighted by Crippen LogP contribution is -2.38. The summed E-state index contributed by atoms with van der Waals surface area (Å²) in [6, 6.07) is 11.1. The molecule has 1 aliphatic rings. The number of amides is 2. The number of hydrogen-bond donors (Lipinski definition) is 1. The van der Waals surface area contributed by atoms with Gasteiger partial charge in [-0.3, -0.25) is 9.59 Å². The summed E-state index contributed by atoms with van der Waals surface area (Å²) < 4.78 is 18.2. The second-order valence-corrected chi connectivity index (χ2v) is 9.13. The standard InChI is InChI=1S/C24H23ClFN3O3S/c1-32-18-6-7-19(25)20(13-18)27-23(31)21-14-33-24(28-21)16-8-10-29(11-9-16)22(30)12-15-2-4-17(26)5-3-15/h2-7,13-14,16H,8-12H2,1H3,(H,27,31). The molecule has 2 amide bonds. The summed E-state index contributed by atoms with van der Waals surface area (Å²) in [5, 5.41) is 5.83. The summed E-state index contributed by atoms with van der Waals surface area (Å²) >= 11 is 7.62. The predicted octanol–water partition coefficient (Wildman–Crippen LogP) is 5.15. The van der Waals surface area contributed by atoms with E-state index in [-0.39, 0.29) is 30.0 Å². The molecule has 2 aromatic carbocycles. The van der Waals surface area contributed by atoms with Gasteiger partial charge in [-0.1, -0.05) is 23.7 Å². The number of nitrogens with zero attached hydrogens (tertiary/aromatic N) is 2. The van der Waals surface area contributed by atoms with Crippen LogP contribution in [0.5, 0.6) is 5.75 Å². The average Bonchev–Trinajstić information content (AvgIpc) is 3.32. The fraction of sp³-hybridized carbons (Fsp3) is 0.292. The highest BCUT2D eigenvalue weighted by molar-refractivity contribution is 7.10. The van der Waals surface area contributed by atoms with Crippen LogP contribution in [-0.2, 0) is 11.2 Å². The highest BCUT2D eigenvalue weighted by Gasteiger charge is 2.26. The van der Waals surface area contributed by atoms with Crippen LogP contribution in [0, 0.1) is 5.82 Å². The van der Waals surface area contributed by atoms with E-state index in [1.165, 1.54) is 23.5 Å². The zero-order valence-corrected chi connectivity index (χ0v) is 19.6. The van der Waals surface area contributed by atoms with E-state index in [0.717, 1.165) is 23.4 Å². The molecule has 1 fully saturated rings. The number of halogens is 2. The molecule has 6 nitrogen and oxygen atoms in total. The number of nitrogens with one attached hydrogen (secondary N) is 1. The number of carbonyl (C=O) groups is 2. The van der Waals surface area contributed by atoms with Gasteiger partial charge in [-0.25, -0.2) is 9.37 Å². The first kappa shape index (κ1) is 23.2. The average molecular weight is 488 g/mol. The van der Waals surface area contributed by atoms with Gasteiger partial charge in [-0.05, 0) is 42.7 Å². The number of methoxy groups -OCH3 is 1. The first-order valence-corrected chi connectivity index (χ1v) is 11.8. The van der Waals surface area contributed by atoms with Crippen molar-refractivity contribution >= 4 is 40.4 Å². The summed E-state index contributed by atoms with van der Waals surface area (Å²) in [6.45, 7) is 1.26. The molecule has 1 N–H and O–H groups in total. The Labute approximate surface area is 200 Å². The van der Waals surface area contributed by atoms with E-state index >= 15 is 0 Å². The lowest BCUT2D eigenvalue weighted by atomic mass is 9.97. The van der Waals surface area contributed by atoms with Crippen LogP contribution in [-0.4, -0.2) is 41.9 Å². The van der Waals surface area contributed by atoms with Gasteiger partial charge in [0.15, 0.2) is 0 Å². The molecule has 1 aromatic heterocycles. The minimum Gasteiger partial charge on any atom is -0.497 e. The Bertz CT molecular complexity index is 1140. The number of rotatable bonds is 6. The number of anilines is 1. The van der Waals surface area contributed by atoms with Gasteiger partial charge >= 0.3 is 0 Å². The minimum atomic E-state index is -0.334. The van der Waals surface area contributed by atoms with Crippen LogP contribution >= 0.6 is 22.9 Å². The molecule has 3 aromatic rings. The van der Waals surface area contributed by atoms with Gasteiger partial charge in [0.2, 0.25) is 5.91 Å². The fourth-order valence-electron chi connectivity index (χ4n) is 3.76. The molecule has 1 saturated heterocycles. The van der Waals surface area contributed by atoms with Crippen molar-refractivity contribution in [2.45, 2.75) is 25.2 Å². The van der Waals surface area contributed by atoms with Crippen molar-refractivity contribution in [3.8, 4) is 5.75 Å². The van der Waals surface area contributed by atoms with E-state index in [4.69, 9.17) is 16.3 Å². The zero-order chi connectivity index (χ0) is 23.4. The lowest BCUT2D eigenvalue weighted by molar-refractivity contribution is -0.131. The monoisotopic (exact) mass is 487 g/mol. The third-order valence-electron chi connectivity index (χ3n) is 5.64. The van der Waals surface area contributed by atoms with Crippen LogP contribution in [0.2, 0.25) is 5.02 Å². The quantitative estimate of drug-likeness (QED) is 0.522. The highest BCUT2D eigenvalue weighted by Crippen LogP contribution is 2.31. The van der Waals surface area contributed by atoms with Crippen LogP contribution in [0.15, 0.2) is 47.8 Å². The van der Waals surface area contributed by atoms with Gasteiger partial charge < -0.3 is 15.0 Å². The second-order valence-electron chi connectivity index (χ2n) is 7.83. The van der Waals surface area contributed by atoms with Crippen LogP contribution in [0.4, 0.5) is 10.1 Å². The van der Waals surface area contributed by atoms with Gasteiger partial charge in [0.05, 0.1) is 29.2 Å². The minimum absolute atomic E-state index is 0.0365. The number of piperidine rings is 1. The van der Waals surface area contributed by atoms with E-state index in [1.807, 2.05) is 4.90 Å². The SMILES string of the molecule is COc1ccc(Cl)c(NC(=O)c2csc(C3CCN(C(=O)Cc4ccc(F)cc4)CC3)n2)c1. The first-order chi connectivity index (χ1) is 15.9. The maximum absolute atomic E-state index is 13.1. The normalized spacial score (nSPS) is 14.2. The molecular formula is C24H23ClFN3O3S. The summed E-state index contributed by atoms with van der Waals surface area (Å²) in [5.41, 5.74) is 1.60. The molecule has 9 heteroatoms. The van der Waals surface area contributed by atoms with Crippen molar-refractivity contribution in [2.75, 3.05) is 25.5 Å². The number of likely N-dealkylation sites (tertiary alicyclic amines) is 1. The third-order valence-corrected chi connectivity index (χ3v) is 6.98. The summed E-state index contributed by atoms with van der Waals surface area (Å²) in [5.74, 6) is 0.185. The number of benzene rings is 2. The van der Waals surface area contributed by atoms with Crippen LogP contribution in [0.25, 0.3) is 0 Å². The van der Waals surface area contributed by atoms with Crippen molar-refractivity contribution in [1.82, 2.24) is 9.88 Å². The zero-order valence-electron chi connectivity index (χ0n) is 18.0. The predicted molar refractivity (Wildman–Crippen MR) is 127 cm³/mol. The van der Waals surface area contributed by atoms with E-state index in [0.29, 0.717) is 35.2 Å². The summed E-state index contributed by atoms with van der Waals surface area (Å²) in [7, 11) is 1.54. The Kier molecular flexibility index (Phi) is 7.25. The van der Waals surface area contributed by atoms with Crippen molar-refractivity contribution in [3.63, 3.8) is 0 Å². The van der Waals surface area contributed by atoms with Crippen molar-refractivity contribution in [1.29, 1.82) is 0 Å². The molecule has 2 heterocycles. The molecule has 4 rings (SSSR count). The van der Waals surface area contributed by atoms with E-state index in [9.17, 15) is 14.0 Å². The number of carbonyl (C=O) groups excluding carboxylic acids is 2. The summed E-state index contributed by atoms with van der Waals surface area (Å²) in [4.78, 5) is 31.6. The Morgan fingerprint density at radius 3 is 2.64 bits per heavy atom. The molecule has 1 aliphatic heterocycles. The molecule has 0 aliphatic carbocycles. The van der Waals surface area contributed by atoms with E-state index in [2.05, 4.69) is 10.3 Å². The first-order valence-electron chi connectivity index (χ1n) is 10.6. The van der Waals surface area contributed by atoms with E-state index < -0.39 is 0 Å². The van der Waals surface area contributed by atoms with E-state index in [1.54, 1.807) is 42.8 Å². The number of hydrogen-bond acceptors (Lipinski definition) is 5. The van der Waals surface area contributed by atoms with Crippen LogP contribution in [0.3, 0.4) is 0 Å². The maximum Gasteiger partial charge on any atom is 0.275 e. The fourth-order valence-corrected chi connectivity index (χ4v) is 4.89. The van der Waals surface area contributed by atoms with Gasteiger partial charge in [-0.15, -0.1) is 11.3 Å². The van der Waals surface area contributed by atoms with Crippen LogP contribution in [0.1, 0.15) is 39.8 Å². The molecule has 0 spiro atoms. The molecule has 0 bridgehead atoms. The van der Waals surface area contributed by atoms with Gasteiger partial charge in [0.1, 0.15) is 17.3 Å². The maximum atomic E-state index is 13.1. The molecule has 0 radical (unpaired) electrons. The Morgan fingerprint density at radius 1 is 1.21 bits per heavy atom. The van der Waals surface area contributed by atoms with Gasteiger partial charge in [0, 0.05) is 30.5 Å². The largest absolute Gasteiger partial charge is 0.497 e. The third kappa shape index (κ3) is 5.69. The Morgan fingerprint density at radius 2 is 1.94 bits per heavy atom. The van der Waals surface area contributed by atoms with Crippen molar-refractivity contribution in [3.05, 3.63) is 74.9 Å². The molecule has 33 heavy (non-hydrogen) atoms. The molecule has 172 valence electrons. The second kappa shape index (κ2) is 10.3. The summed E-state index contributed by atoms with van der Waals surface area (Å²) in [6.07, 6.45) is 1.83. The van der Waals surface area contributed by atoms with Gasteiger partial charge in [-0.2, -0.15) is 0 Å². The Balaban J connectivity index is 1.32. The van der Waals surface area contributed by atoms with Crippen molar-refractivity contribution < 1.29 is 18.7 Å².